The minimum absolute atomic E-state index is 0.627. The molecule has 1 fully saturated rings. The predicted molar refractivity (Wildman–Crippen MR) is 52.3 cm³/mol. The molecule has 64 valence electrons. The van der Waals surface area contributed by atoms with Crippen LogP contribution in [0.1, 0.15) is 39.5 Å². The fourth-order valence-electron chi connectivity index (χ4n) is 1.61. The van der Waals surface area contributed by atoms with Crippen LogP contribution in [0.2, 0.25) is 0 Å². The molecule has 0 heterocycles. The van der Waals surface area contributed by atoms with Gasteiger partial charge in [-0.2, -0.15) is 0 Å². The van der Waals surface area contributed by atoms with Crippen molar-refractivity contribution in [1.29, 1.82) is 0 Å². The molecule has 0 amide bonds. The van der Waals surface area contributed by atoms with Gasteiger partial charge in [0.15, 0.2) is 0 Å². The third kappa shape index (κ3) is 3.02. The second-order valence-electron chi connectivity index (χ2n) is 3.60. The fraction of sp³-hybridized carbons (Fsp3) is 0.667. The van der Waals surface area contributed by atoms with Crippen LogP contribution >= 0.6 is 0 Å². The highest BCUT2D eigenvalue weighted by molar-refractivity contribution is 5.26. The summed E-state index contributed by atoms with van der Waals surface area (Å²) in [7, 11) is 0. The van der Waals surface area contributed by atoms with Crippen molar-refractivity contribution in [2.24, 2.45) is 11.8 Å². The van der Waals surface area contributed by atoms with Crippen molar-refractivity contribution >= 4 is 0 Å². The van der Waals surface area contributed by atoms with Gasteiger partial charge in [-0.05, 0) is 50.4 Å². The third-order valence-corrected chi connectivity index (χ3v) is 2.48. The molecule has 0 heteroatoms. The van der Waals surface area contributed by atoms with E-state index in [-0.39, 0.29) is 0 Å². The molecule has 0 spiro atoms. The van der Waals surface area contributed by atoms with Gasteiger partial charge in [-0.1, -0.05) is 18.8 Å². The average molecular weight is 160 g/mol. The maximum Gasteiger partial charge on any atom is 0.0213 e. The van der Waals surface area contributed by atoms with E-state index in [9.17, 15) is 0 Å². The van der Waals surface area contributed by atoms with E-state index >= 15 is 0 Å². The van der Waals surface area contributed by atoms with E-state index in [0.29, 0.717) is 5.92 Å². The third-order valence-electron chi connectivity index (χ3n) is 2.48. The van der Waals surface area contributed by atoms with Crippen LogP contribution in [0, 0.1) is 35.5 Å². The van der Waals surface area contributed by atoms with E-state index in [2.05, 4.69) is 30.6 Å². The summed E-state index contributed by atoms with van der Waals surface area (Å²) in [4.78, 5) is 0. The first-order valence-corrected chi connectivity index (χ1v) is 4.75. The highest BCUT2D eigenvalue weighted by Crippen LogP contribution is 2.27. The van der Waals surface area contributed by atoms with E-state index in [1.807, 2.05) is 6.92 Å². The molecule has 0 unspecified atom stereocenters. The zero-order chi connectivity index (χ0) is 8.81. The molecule has 1 aliphatic rings. The molecule has 0 saturated heterocycles. The van der Waals surface area contributed by atoms with E-state index < -0.39 is 0 Å². The Morgan fingerprint density at radius 3 is 2.25 bits per heavy atom. The summed E-state index contributed by atoms with van der Waals surface area (Å²) in [6.07, 6.45) is 5.25. The average Bonchev–Trinajstić information content (AvgIpc) is 2.09. The highest BCUT2D eigenvalue weighted by atomic mass is 14.2. The lowest BCUT2D eigenvalue weighted by Crippen LogP contribution is -2.10. The molecular formula is C12H16. The second kappa shape index (κ2) is 4.89. The van der Waals surface area contributed by atoms with Crippen LogP contribution in [0.5, 0.6) is 0 Å². The van der Waals surface area contributed by atoms with E-state index in [1.54, 1.807) is 0 Å². The van der Waals surface area contributed by atoms with Gasteiger partial charge in [0.2, 0.25) is 0 Å². The largest absolute Gasteiger partial charge is 0.0925 e. The summed E-state index contributed by atoms with van der Waals surface area (Å²) < 4.78 is 0. The van der Waals surface area contributed by atoms with Gasteiger partial charge in [0, 0.05) is 5.92 Å². The molecule has 0 aromatic heterocycles. The minimum atomic E-state index is 0.627. The first kappa shape index (κ1) is 9.21. The van der Waals surface area contributed by atoms with Crippen molar-refractivity contribution in [3.63, 3.8) is 0 Å². The van der Waals surface area contributed by atoms with Crippen LogP contribution in [0.3, 0.4) is 0 Å². The summed E-state index contributed by atoms with van der Waals surface area (Å²) in [5.41, 5.74) is 0. The monoisotopic (exact) mass is 160 g/mol. The zero-order valence-corrected chi connectivity index (χ0v) is 7.98. The number of hydrogen-bond acceptors (Lipinski definition) is 0. The van der Waals surface area contributed by atoms with Crippen LogP contribution in [-0.4, -0.2) is 0 Å². The first-order chi connectivity index (χ1) is 5.83. The van der Waals surface area contributed by atoms with E-state index in [4.69, 9.17) is 0 Å². The lowest BCUT2D eigenvalue weighted by molar-refractivity contribution is 0.337. The van der Waals surface area contributed by atoms with Crippen LogP contribution < -0.4 is 0 Å². The number of rotatable bonds is 0. The quantitative estimate of drug-likeness (QED) is 0.478. The van der Waals surface area contributed by atoms with E-state index in [1.165, 1.54) is 25.7 Å². The molecule has 0 aromatic carbocycles. The molecule has 0 atom stereocenters. The van der Waals surface area contributed by atoms with Crippen LogP contribution in [-0.2, 0) is 0 Å². The Morgan fingerprint density at radius 1 is 1.00 bits per heavy atom. The standard InChI is InChI=1S/C12H16/c1-3-4-5-6-12-9-7-11(2)8-10-12/h11-12H,7-10H2,1-2H3. The lowest BCUT2D eigenvalue weighted by atomic mass is 9.83. The van der Waals surface area contributed by atoms with Gasteiger partial charge in [-0.25, -0.2) is 0 Å². The van der Waals surface area contributed by atoms with Crippen molar-refractivity contribution < 1.29 is 0 Å². The summed E-state index contributed by atoms with van der Waals surface area (Å²) in [5.74, 6) is 13.3. The number of hydrogen-bond donors (Lipinski definition) is 0. The Hall–Kier alpha value is -0.880. The van der Waals surface area contributed by atoms with Gasteiger partial charge in [0.05, 0.1) is 0 Å². The Labute approximate surface area is 75.7 Å². The van der Waals surface area contributed by atoms with Gasteiger partial charge in [-0.3, -0.25) is 0 Å². The Kier molecular flexibility index (Phi) is 3.75. The van der Waals surface area contributed by atoms with Crippen LogP contribution in [0.25, 0.3) is 0 Å². The molecule has 0 bridgehead atoms. The molecule has 0 N–H and O–H groups in total. The minimum Gasteiger partial charge on any atom is -0.0925 e. The van der Waals surface area contributed by atoms with Crippen molar-refractivity contribution in [1.82, 2.24) is 0 Å². The van der Waals surface area contributed by atoms with Crippen molar-refractivity contribution in [2.75, 3.05) is 0 Å². The highest BCUT2D eigenvalue weighted by Gasteiger charge is 2.15. The zero-order valence-electron chi connectivity index (χ0n) is 7.98. The Balaban J connectivity index is 2.35. The maximum atomic E-state index is 3.22. The van der Waals surface area contributed by atoms with Crippen molar-refractivity contribution in [3.05, 3.63) is 0 Å². The molecule has 12 heavy (non-hydrogen) atoms. The lowest BCUT2D eigenvalue weighted by Gasteiger charge is -2.21. The van der Waals surface area contributed by atoms with Crippen molar-refractivity contribution in [2.45, 2.75) is 39.5 Å². The van der Waals surface area contributed by atoms with Gasteiger partial charge in [-0.15, -0.1) is 0 Å². The van der Waals surface area contributed by atoms with Gasteiger partial charge in [0.1, 0.15) is 0 Å². The molecule has 1 aliphatic carbocycles. The van der Waals surface area contributed by atoms with Crippen LogP contribution in [0.4, 0.5) is 0 Å². The predicted octanol–water partition coefficient (Wildman–Crippen LogP) is 2.84. The summed E-state index contributed by atoms with van der Waals surface area (Å²) in [6, 6.07) is 0. The van der Waals surface area contributed by atoms with E-state index in [0.717, 1.165) is 5.92 Å². The first-order valence-electron chi connectivity index (χ1n) is 4.75. The van der Waals surface area contributed by atoms with Gasteiger partial charge in [0.25, 0.3) is 0 Å². The Morgan fingerprint density at radius 2 is 1.67 bits per heavy atom. The maximum absolute atomic E-state index is 3.22. The topological polar surface area (TPSA) is 0 Å². The summed E-state index contributed by atoms with van der Waals surface area (Å²) >= 11 is 0. The molecule has 1 rings (SSSR count). The van der Waals surface area contributed by atoms with Gasteiger partial charge < -0.3 is 0 Å². The Bertz CT molecular complexity index is 233. The summed E-state index contributed by atoms with van der Waals surface area (Å²) in [5, 5.41) is 0. The second-order valence-corrected chi connectivity index (χ2v) is 3.60. The molecule has 0 aliphatic heterocycles. The SMILES string of the molecule is CC#CC#CC1CCC(C)CC1. The normalized spacial score (nSPS) is 27.8. The fourth-order valence-corrected chi connectivity index (χ4v) is 1.61. The summed E-state index contributed by atoms with van der Waals surface area (Å²) in [6.45, 7) is 4.16. The smallest absolute Gasteiger partial charge is 0.0213 e. The van der Waals surface area contributed by atoms with Crippen molar-refractivity contribution in [3.8, 4) is 23.7 Å². The molecule has 0 radical (unpaired) electrons. The molecule has 0 nitrogen and oxygen atoms in total. The molecule has 1 saturated carbocycles. The van der Waals surface area contributed by atoms with Gasteiger partial charge >= 0.3 is 0 Å². The van der Waals surface area contributed by atoms with Crippen LogP contribution in [0.15, 0.2) is 0 Å². The molecular weight excluding hydrogens is 144 g/mol. The molecule has 0 aromatic rings.